The Kier molecular flexibility index (Phi) is 4.77. The SMILES string of the molecule is C[C@@H](NC(=O)[C@@H]1CCCC[C@H]1C(=O)O)c1ccccc1. The van der Waals surface area contributed by atoms with Crippen LogP contribution >= 0.6 is 0 Å². The molecule has 1 aromatic carbocycles. The quantitative estimate of drug-likeness (QED) is 0.888. The van der Waals surface area contributed by atoms with Crippen molar-refractivity contribution in [1.29, 1.82) is 0 Å². The van der Waals surface area contributed by atoms with Crippen molar-refractivity contribution in [3.8, 4) is 0 Å². The van der Waals surface area contributed by atoms with E-state index in [9.17, 15) is 14.7 Å². The Labute approximate surface area is 119 Å². The Hall–Kier alpha value is -1.84. The number of hydrogen-bond acceptors (Lipinski definition) is 2. The lowest BCUT2D eigenvalue weighted by Crippen LogP contribution is -2.40. The standard InChI is InChI=1S/C16H21NO3/c1-11(12-7-3-2-4-8-12)17-15(18)13-9-5-6-10-14(13)16(19)20/h2-4,7-8,11,13-14H,5-6,9-10H2,1H3,(H,17,18)(H,19,20)/t11-,13-,14-/m1/s1. The molecule has 0 aromatic heterocycles. The second-order valence-electron chi connectivity index (χ2n) is 5.48. The second-order valence-corrected chi connectivity index (χ2v) is 5.48. The van der Waals surface area contributed by atoms with Crippen LogP contribution < -0.4 is 5.32 Å². The van der Waals surface area contributed by atoms with Gasteiger partial charge in [0.15, 0.2) is 0 Å². The molecular formula is C16H21NO3. The molecule has 0 spiro atoms. The summed E-state index contributed by atoms with van der Waals surface area (Å²) in [5.41, 5.74) is 1.03. The molecule has 1 aromatic rings. The van der Waals surface area contributed by atoms with Crippen molar-refractivity contribution < 1.29 is 14.7 Å². The minimum absolute atomic E-state index is 0.0972. The zero-order valence-electron chi connectivity index (χ0n) is 11.7. The number of rotatable bonds is 4. The fourth-order valence-corrected chi connectivity index (χ4v) is 2.89. The first-order valence-corrected chi connectivity index (χ1v) is 7.17. The van der Waals surface area contributed by atoms with Crippen LogP contribution in [0.5, 0.6) is 0 Å². The lowest BCUT2D eigenvalue weighted by Gasteiger charge is -2.28. The van der Waals surface area contributed by atoms with Crippen molar-refractivity contribution >= 4 is 11.9 Å². The molecule has 108 valence electrons. The van der Waals surface area contributed by atoms with Crippen LogP contribution in [0.3, 0.4) is 0 Å². The van der Waals surface area contributed by atoms with Crippen LogP contribution in [0.2, 0.25) is 0 Å². The molecule has 2 rings (SSSR count). The van der Waals surface area contributed by atoms with Crippen molar-refractivity contribution in [2.45, 2.75) is 38.6 Å². The largest absolute Gasteiger partial charge is 0.481 e. The molecule has 1 aliphatic carbocycles. The number of carbonyl (C=O) groups is 2. The summed E-state index contributed by atoms with van der Waals surface area (Å²) in [4.78, 5) is 23.6. The van der Waals surface area contributed by atoms with E-state index in [1.807, 2.05) is 37.3 Å². The van der Waals surface area contributed by atoms with Gasteiger partial charge in [-0.05, 0) is 25.3 Å². The summed E-state index contributed by atoms with van der Waals surface area (Å²) >= 11 is 0. The molecule has 0 radical (unpaired) electrons. The van der Waals surface area contributed by atoms with Gasteiger partial charge in [0.05, 0.1) is 17.9 Å². The molecule has 1 fully saturated rings. The monoisotopic (exact) mass is 275 g/mol. The van der Waals surface area contributed by atoms with Crippen molar-refractivity contribution in [2.24, 2.45) is 11.8 Å². The van der Waals surface area contributed by atoms with E-state index < -0.39 is 17.8 Å². The van der Waals surface area contributed by atoms with Crippen LogP contribution in [-0.2, 0) is 9.59 Å². The van der Waals surface area contributed by atoms with Crippen LogP contribution in [0.15, 0.2) is 30.3 Å². The molecule has 1 amide bonds. The Morgan fingerprint density at radius 1 is 1.15 bits per heavy atom. The van der Waals surface area contributed by atoms with Gasteiger partial charge in [0.1, 0.15) is 0 Å². The highest BCUT2D eigenvalue weighted by Crippen LogP contribution is 2.31. The molecule has 0 saturated heterocycles. The zero-order chi connectivity index (χ0) is 14.5. The summed E-state index contributed by atoms with van der Waals surface area (Å²) in [6.07, 6.45) is 3.11. The second kappa shape index (κ2) is 6.55. The summed E-state index contributed by atoms with van der Waals surface area (Å²) in [6.45, 7) is 1.92. The van der Waals surface area contributed by atoms with E-state index in [1.54, 1.807) is 0 Å². The van der Waals surface area contributed by atoms with E-state index in [0.29, 0.717) is 12.8 Å². The fourth-order valence-electron chi connectivity index (χ4n) is 2.89. The minimum atomic E-state index is -0.850. The van der Waals surface area contributed by atoms with Crippen LogP contribution in [0, 0.1) is 11.8 Å². The summed E-state index contributed by atoms with van der Waals surface area (Å²) in [6, 6.07) is 9.61. The number of hydrogen-bond donors (Lipinski definition) is 2. The summed E-state index contributed by atoms with van der Waals surface area (Å²) in [5, 5.41) is 12.2. The molecule has 20 heavy (non-hydrogen) atoms. The first kappa shape index (κ1) is 14.6. The summed E-state index contributed by atoms with van der Waals surface area (Å²) in [7, 11) is 0. The van der Waals surface area contributed by atoms with Crippen molar-refractivity contribution in [3.63, 3.8) is 0 Å². The molecule has 0 bridgehead atoms. The van der Waals surface area contributed by atoms with Gasteiger partial charge in [-0.2, -0.15) is 0 Å². The van der Waals surface area contributed by atoms with Gasteiger partial charge in [-0.1, -0.05) is 43.2 Å². The first-order valence-electron chi connectivity index (χ1n) is 7.17. The topological polar surface area (TPSA) is 66.4 Å². The third-order valence-corrected chi connectivity index (χ3v) is 4.08. The van der Waals surface area contributed by atoms with Crippen molar-refractivity contribution in [2.75, 3.05) is 0 Å². The number of carbonyl (C=O) groups excluding carboxylic acids is 1. The molecule has 3 atom stereocenters. The molecular weight excluding hydrogens is 254 g/mol. The van der Waals surface area contributed by atoms with Gasteiger partial charge in [-0.3, -0.25) is 9.59 Å². The number of benzene rings is 1. The molecule has 0 heterocycles. The average Bonchev–Trinajstić information content (AvgIpc) is 2.48. The third-order valence-electron chi connectivity index (χ3n) is 4.08. The fraction of sp³-hybridized carbons (Fsp3) is 0.500. The van der Waals surface area contributed by atoms with E-state index >= 15 is 0 Å². The molecule has 1 saturated carbocycles. The van der Waals surface area contributed by atoms with E-state index in [2.05, 4.69) is 5.32 Å². The molecule has 2 N–H and O–H groups in total. The van der Waals surface area contributed by atoms with E-state index in [-0.39, 0.29) is 11.9 Å². The van der Waals surface area contributed by atoms with Crippen LogP contribution in [0.25, 0.3) is 0 Å². The normalized spacial score (nSPS) is 23.9. The molecule has 1 aliphatic rings. The maximum absolute atomic E-state index is 12.3. The molecule has 4 nitrogen and oxygen atoms in total. The van der Waals surface area contributed by atoms with Gasteiger partial charge in [0, 0.05) is 0 Å². The Bertz CT molecular complexity index is 472. The van der Waals surface area contributed by atoms with E-state index in [4.69, 9.17) is 0 Å². The van der Waals surface area contributed by atoms with Gasteiger partial charge in [-0.15, -0.1) is 0 Å². The summed E-state index contributed by atoms with van der Waals surface area (Å²) in [5.74, 6) is -1.91. The molecule has 0 aliphatic heterocycles. The van der Waals surface area contributed by atoms with Gasteiger partial charge < -0.3 is 10.4 Å². The lowest BCUT2D eigenvalue weighted by molar-refractivity contribution is -0.149. The maximum Gasteiger partial charge on any atom is 0.307 e. The number of carboxylic acids is 1. The van der Waals surface area contributed by atoms with Gasteiger partial charge >= 0.3 is 5.97 Å². The van der Waals surface area contributed by atoms with E-state index in [1.165, 1.54) is 0 Å². The van der Waals surface area contributed by atoms with Crippen LogP contribution in [0.4, 0.5) is 0 Å². The highest BCUT2D eigenvalue weighted by Gasteiger charge is 2.36. The highest BCUT2D eigenvalue weighted by atomic mass is 16.4. The maximum atomic E-state index is 12.3. The summed E-state index contributed by atoms with van der Waals surface area (Å²) < 4.78 is 0. The number of amides is 1. The Morgan fingerprint density at radius 2 is 1.75 bits per heavy atom. The van der Waals surface area contributed by atoms with Gasteiger partial charge in [0.25, 0.3) is 0 Å². The predicted molar refractivity (Wildman–Crippen MR) is 76.1 cm³/mol. The third kappa shape index (κ3) is 3.38. The Balaban J connectivity index is 2.01. The molecule has 0 unspecified atom stereocenters. The van der Waals surface area contributed by atoms with Gasteiger partial charge in [-0.25, -0.2) is 0 Å². The molecule has 4 heteroatoms. The van der Waals surface area contributed by atoms with Crippen LogP contribution in [-0.4, -0.2) is 17.0 Å². The van der Waals surface area contributed by atoms with Crippen LogP contribution in [0.1, 0.15) is 44.2 Å². The predicted octanol–water partition coefficient (Wildman–Crippen LogP) is 2.75. The number of nitrogens with one attached hydrogen (secondary N) is 1. The Morgan fingerprint density at radius 3 is 2.35 bits per heavy atom. The smallest absolute Gasteiger partial charge is 0.307 e. The number of aliphatic carboxylic acids is 1. The highest BCUT2D eigenvalue weighted by molar-refractivity contribution is 5.85. The number of carboxylic acid groups (broad SMARTS) is 1. The van der Waals surface area contributed by atoms with Crippen molar-refractivity contribution in [3.05, 3.63) is 35.9 Å². The lowest BCUT2D eigenvalue weighted by atomic mass is 9.78. The first-order chi connectivity index (χ1) is 9.59. The zero-order valence-corrected chi connectivity index (χ0v) is 11.7. The van der Waals surface area contributed by atoms with Crippen molar-refractivity contribution in [1.82, 2.24) is 5.32 Å². The van der Waals surface area contributed by atoms with Gasteiger partial charge in [0.2, 0.25) is 5.91 Å². The average molecular weight is 275 g/mol. The van der Waals surface area contributed by atoms with E-state index in [0.717, 1.165) is 18.4 Å². The minimum Gasteiger partial charge on any atom is -0.481 e.